The van der Waals surface area contributed by atoms with E-state index in [2.05, 4.69) is 45.0 Å². The third-order valence-corrected chi connectivity index (χ3v) is 5.47. The molecule has 0 aromatic heterocycles. The van der Waals surface area contributed by atoms with E-state index in [0.717, 1.165) is 3.57 Å². The molecule has 1 atom stereocenters. The van der Waals surface area contributed by atoms with Gasteiger partial charge in [-0.15, -0.1) is 0 Å². The molecule has 2 amide bonds. The monoisotopic (exact) mass is 569 g/mol. The lowest BCUT2D eigenvalue weighted by molar-refractivity contribution is -0.123. The Morgan fingerprint density at radius 3 is 2.62 bits per heavy atom. The summed E-state index contributed by atoms with van der Waals surface area (Å²) in [5.41, 5.74) is 3.49. The van der Waals surface area contributed by atoms with Gasteiger partial charge < -0.3 is 14.8 Å². The number of nitrogens with one attached hydrogen (secondary N) is 2. The van der Waals surface area contributed by atoms with Gasteiger partial charge in [0, 0.05) is 0 Å². The van der Waals surface area contributed by atoms with Crippen LogP contribution in [-0.2, 0) is 4.79 Å². The van der Waals surface area contributed by atoms with Crippen molar-refractivity contribution in [2.24, 2.45) is 11.0 Å². The van der Waals surface area contributed by atoms with Gasteiger partial charge in [-0.2, -0.15) is 5.10 Å². The topological polar surface area (TPSA) is 89.0 Å². The Kier molecular flexibility index (Phi) is 9.98. The predicted octanol–water partition coefficient (Wildman–Crippen LogP) is 4.42. The highest BCUT2D eigenvalue weighted by molar-refractivity contribution is 14.1. The highest BCUT2D eigenvalue weighted by atomic mass is 127. The number of ether oxygens (including phenoxy) is 2. The summed E-state index contributed by atoms with van der Waals surface area (Å²) < 4.78 is 11.8. The van der Waals surface area contributed by atoms with E-state index in [-0.39, 0.29) is 5.92 Å². The van der Waals surface area contributed by atoms with Crippen molar-refractivity contribution in [2.45, 2.75) is 19.9 Å². The number of carbonyl (C=O) groups is 2. The van der Waals surface area contributed by atoms with Crippen molar-refractivity contribution < 1.29 is 19.1 Å². The first kappa shape index (κ1) is 25.7. The summed E-state index contributed by atoms with van der Waals surface area (Å²) in [5.74, 6) is 0.112. The first-order valence-corrected chi connectivity index (χ1v) is 11.2. The van der Waals surface area contributed by atoms with Crippen LogP contribution in [0.5, 0.6) is 11.5 Å². The largest absolute Gasteiger partial charge is 0.493 e. The summed E-state index contributed by atoms with van der Waals surface area (Å²) in [6.45, 7) is 7.65. The normalized spacial score (nSPS) is 11.8. The Hall–Kier alpha value is -2.59. The molecule has 0 aliphatic rings. The molecule has 0 heterocycles. The molecule has 2 rings (SSSR count). The van der Waals surface area contributed by atoms with Crippen molar-refractivity contribution in [1.29, 1.82) is 0 Å². The van der Waals surface area contributed by atoms with Gasteiger partial charge in [-0.1, -0.05) is 50.2 Å². The van der Waals surface area contributed by atoms with Crippen molar-refractivity contribution in [3.63, 3.8) is 0 Å². The van der Waals surface area contributed by atoms with Crippen molar-refractivity contribution in [2.75, 3.05) is 13.7 Å². The van der Waals surface area contributed by atoms with Crippen molar-refractivity contribution >= 4 is 52.2 Å². The minimum Gasteiger partial charge on any atom is -0.493 e. The Morgan fingerprint density at radius 2 is 2.00 bits per heavy atom. The number of hydrazone groups is 1. The Bertz CT molecular complexity index is 1010. The van der Waals surface area contributed by atoms with Gasteiger partial charge in [0.1, 0.15) is 12.6 Å². The van der Waals surface area contributed by atoms with Gasteiger partial charge in [0.05, 0.1) is 27.5 Å². The smallest absolute Gasteiger partial charge is 0.262 e. The fourth-order valence-electron chi connectivity index (χ4n) is 2.74. The number of methoxy groups -OCH3 is 1. The van der Waals surface area contributed by atoms with Crippen LogP contribution in [0, 0.1) is 9.49 Å². The van der Waals surface area contributed by atoms with E-state index in [9.17, 15) is 9.59 Å². The van der Waals surface area contributed by atoms with Gasteiger partial charge in [-0.05, 0) is 58.3 Å². The fourth-order valence-corrected chi connectivity index (χ4v) is 3.74. The summed E-state index contributed by atoms with van der Waals surface area (Å²) in [5, 5.41) is 7.07. The highest BCUT2D eigenvalue weighted by Crippen LogP contribution is 2.33. The molecule has 0 aliphatic carbocycles. The Morgan fingerprint density at radius 1 is 1.28 bits per heavy atom. The molecule has 2 aromatic rings. The van der Waals surface area contributed by atoms with Crippen LogP contribution in [-0.4, -0.2) is 37.8 Å². The first-order valence-electron chi connectivity index (χ1n) is 9.78. The zero-order valence-corrected chi connectivity index (χ0v) is 20.9. The molecule has 0 fully saturated rings. The van der Waals surface area contributed by atoms with E-state index >= 15 is 0 Å². The zero-order chi connectivity index (χ0) is 23.7. The SMILES string of the molecule is C=CCOc1c(I)cc(/C=N/NC(=O)C(NC(=O)c2ccccc2Cl)C(C)C)cc1OC. The second-order valence-corrected chi connectivity index (χ2v) is 8.61. The molecule has 2 aromatic carbocycles. The van der Waals surface area contributed by atoms with Crippen molar-refractivity contribution in [1.82, 2.24) is 10.7 Å². The molecule has 1 unspecified atom stereocenters. The quantitative estimate of drug-likeness (QED) is 0.192. The molecule has 7 nitrogen and oxygen atoms in total. The van der Waals surface area contributed by atoms with Crippen molar-refractivity contribution in [3.05, 3.63) is 68.8 Å². The van der Waals surface area contributed by atoms with E-state index in [1.165, 1.54) is 6.21 Å². The molecule has 0 aliphatic heterocycles. The van der Waals surface area contributed by atoms with Crippen LogP contribution >= 0.6 is 34.2 Å². The summed E-state index contributed by atoms with van der Waals surface area (Å²) in [7, 11) is 1.55. The molecule has 2 N–H and O–H groups in total. The van der Waals surface area contributed by atoms with E-state index < -0.39 is 17.9 Å². The number of hydrogen-bond acceptors (Lipinski definition) is 5. The summed E-state index contributed by atoms with van der Waals surface area (Å²) in [4.78, 5) is 25.2. The number of rotatable bonds is 10. The summed E-state index contributed by atoms with van der Waals surface area (Å²) >= 11 is 8.21. The number of halogens is 2. The molecular formula is C23H25ClIN3O4. The van der Waals surface area contributed by atoms with Crippen LogP contribution in [0.15, 0.2) is 54.2 Å². The molecule has 0 spiro atoms. The minimum absolute atomic E-state index is 0.168. The van der Waals surface area contributed by atoms with Crippen LogP contribution in [0.25, 0.3) is 0 Å². The summed E-state index contributed by atoms with van der Waals surface area (Å²) in [6.07, 6.45) is 3.14. The first-order chi connectivity index (χ1) is 15.3. The van der Waals surface area contributed by atoms with Gasteiger partial charge in [0.2, 0.25) is 0 Å². The summed E-state index contributed by atoms with van der Waals surface area (Å²) in [6, 6.07) is 9.45. The zero-order valence-electron chi connectivity index (χ0n) is 18.0. The maximum Gasteiger partial charge on any atom is 0.262 e. The van der Waals surface area contributed by atoms with E-state index in [1.54, 1.807) is 43.5 Å². The van der Waals surface area contributed by atoms with E-state index in [1.807, 2.05) is 19.9 Å². The van der Waals surface area contributed by atoms with Crippen molar-refractivity contribution in [3.8, 4) is 11.5 Å². The second-order valence-electron chi connectivity index (χ2n) is 7.04. The van der Waals surface area contributed by atoms with Gasteiger partial charge in [0.15, 0.2) is 11.5 Å². The third kappa shape index (κ3) is 6.96. The van der Waals surface area contributed by atoms with E-state index in [0.29, 0.717) is 34.3 Å². The molecule has 170 valence electrons. The number of carbonyl (C=O) groups excluding carboxylic acids is 2. The van der Waals surface area contributed by atoms with Crippen LogP contribution in [0.1, 0.15) is 29.8 Å². The average Bonchev–Trinajstić information content (AvgIpc) is 2.76. The molecule has 9 heteroatoms. The average molecular weight is 570 g/mol. The standard InChI is InChI=1S/C23H25ClIN3O4/c1-5-10-32-21-18(25)11-15(12-19(21)31-4)13-26-28-23(30)20(14(2)3)27-22(29)16-8-6-7-9-17(16)24/h5-9,11-14,20H,1,10H2,2-4H3,(H,27,29)(H,28,30)/b26-13+. The number of hydrogen-bond donors (Lipinski definition) is 2. The second kappa shape index (κ2) is 12.4. The molecule has 0 saturated heterocycles. The molecular weight excluding hydrogens is 545 g/mol. The van der Waals surface area contributed by atoms with Gasteiger partial charge in [-0.25, -0.2) is 5.43 Å². The lowest BCUT2D eigenvalue weighted by atomic mass is 10.0. The van der Waals surface area contributed by atoms with E-state index in [4.69, 9.17) is 21.1 Å². The fraction of sp³-hybridized carbons (Fsp3) is 0.261. The van der Waals surface area contributed by atoms with Gasteiger partial charge >= 0.3 is 0 Å². The van der Waals surface area contributed by atoms with Crippen LogP contribution in [0.2, 0.25) is 5.02 Å². The minimum atomic E-state index is -0.791. The Labute approximate surface area is 206 Å². The highest BCUT2D eigenvalue weighted by Gasteiger charge is 2.25. The third-order valence-electron chi connectivity index (χ3n) is 4.34. The number of amides is 2. The van der Waals surface area contributed by atoms with Crippen LogP contribution in [0.3, 0.4) is 0 Å². The maximum absolute atomic E-state index is 12.7. The lowest BCUT2D eigenvalue weighted by Crippen LogP contribution is -2.48. The number of nitrogens with zero attached hydrogens (tertiary/aromatic N) is 1. The molecule has 0 radical (unpaired) electrons. The van der Waals surface area contributed by atoms with Crippen LogP contribution in [0.4, 0.5) is 0 Å². The Balaban J connectivity index is 2.10. The molecule has 32 heavy (non-hydrogen) atoms. The lowest BCUT2D eigenvalue weighted by Gasteiger charge is -2.20. The van der Waals surface area contributed by atoms with Gasteiger partial charge in [-0.3, -0.25) is 9.59 Å². The predicted molar refractivity (Wildman–Crippen MR) is 135 cm³/mol. The number of benzene rings is 2. The van der Waals surface area contributed by atoms with Crippen LogP contribution < -0.4 is 20.2 Å². The molecule has 0 bridgehead atoms. The van der Waals surface area contributed by atoms with Gasteiger partial charge in [0.25, 0.3) is 11.8 Å². The molecule has 0 saturated carbocycles. The maximum atomic E-state index is 12.7.